The maximum absolute atomic E-state index is 13.0. The number of phenols is 2. The number of ether oxygens (including phenoxy) is 2. The lowest BCUT2D eigenvalue weighted by atomic mass is 9.55. The van der Waals surface area contributed by atoms with Gasteiger partial charge < -0.3 is 19.7 Å². The van der Waals surface area contributed by atoms with E-state index in [1.165, 1.54) is 33.4 Å². The molecule has 0 radical (unpaired) electrons. The molecule has 10 nitrogen and oxygen atoms in total. The highest BCUT2D eigenvalue weighted by Crippen LogP contribution is 2.61. The monoisotopic (exact) mass is 919 g/mol. The fourth-order valence-corrected chi connectivity index (χ4v) is 14.8. The molecule has 0 bridgehead atoms. The number of nitrogens with one attached hydrogen (secondary N) is 2. The number of carbonyl (C=O) groups excluding carboxylic acids is 2. The van der Waals surface area contributed by atoms with Crippen LogP contribution in [0.1, 0.15) is 162 Å². The van der Waals surface area contributed by atoms with Crippen LogP contribution >= 0.6 is 0 Å². The van der Waals surface area contributed by atoms with E-state index >= 15 is 0 Å². The number of benzene rings is 4. The first kappa shape index (κ1) is 46.1. The summed E-state index contributed by atoms with van der Waals surface area (Å²) in [5.74, 6) is 5.46. The molecule has 4 N–H and O–H groups in total. The Kier molecular flexibility index (Phi) is 12.9. The summed E-state index contributed by atoms with van der Waals surface area (Å²) in [7, 11) is 0. The fourth-order valence-electron chi connectivity index (χ4n) is 14.8. The van der Waals surface area contributed by atoms with Gasteiger partial charge in [0.15, 0.2) is 13.2 Å². The van der Waals surface area contributed by atoms with Gasteiger partial charge >= 0.3 is 0 Å². The van der Waals surface area contributed by atoms with E-state index in [1.807, 2.05) is 48.5 Å². The van der Waals surface area contributed by atoms with E-state index in [1.54, 1.807) is 0 Å². The van der Waals surface area contributed by atoms with Crippen molar-refractivity contribution in [2.24, 2.45) is 44.7 Å². The molecule has 0 aliphatic heterocycles. The summed E-state index contributed by atoms with van der Waals surface area (Å²) >= 11 is 0. The number of nitrogens with zero attached hydrogens (tertiary/aromatic N) is 2. The third kappa shape index (κ3) is 8.70. The maximum Gasteiger partial charge on any atom is 0.277 e. The summed E-state index contributed by atoms with van der Waals surface area (Å²) in [5, 5.41) is 29.6. The number of rotatable bonds is 13. The highest BCUT2D eigenvalue weighted by Gasteiger charge is 2.55. The lowest BCUT2D eigenvalue weighted by Gasteiger charge is -2.49. The molecule has 4 fully saturated rings. The second-order valence-electron chi connectivity index (χ2n) is 21.5. The van der Waals surface area contributed by atoms with Gasteiger partial charge in [0.1, 0.15) is 23.0 Å². The SMILES string of the molecule is CCC(c1ccc(OCC(=O)N/N=C2\CCC3C4CCc5cc(O)ccc5C4CCC23C)cc1)C(CC)c1ccc(OCC(=O)N/N=C2\CCC3C4CCc5cc(O)ccc5C4CCC23C)cc1. The van der Waals surface area contributed by atoms with Crippen LogP contribution in [-0.2, 0) is 22.4 Å². The Hall–Kier alpha value is -5.64. The molecule has 68 heavy (non-hydrogen) atoms. The van der Waals surface area contributed by atoms with Crippen LogP contribution < -0.4 is 20.3 Å². The van der Waals surface area contributed by atoms with Gasteiger partial charge in [0, 0.05) is 22.3 Å². The predicted octanol–water partition coefficient (Wildman–Crippen LogP) is 11.6. The van der Waals surface area contributed by atoms with Crippen molar-refractivity contribution in [3.63, 3.8) is 0 Å². The smallest absolute Gasteiger partial charge is 0.277 e. The van der Waals surface area contributed by atoms with Gasteiger partial charge in [-0.1, -0.05) is 64.1 Å². The molecule has 4 saturated carbocycles. The van der Waals surface area contributed by atoms with E-state index in [0.29, 0.717) is 58.5 Å². The number of hydrogen-bond donors (Lipinski definition) is 4. The number of hydrogen-bond acceptors (Lipinski definition) is 8. The van der Waals surface area contributed by atoms with Crippen LogP contribution in [0.3, 0.4) is 0 Å². The second kappa shape index (κ2) is 19.0. The zero-order valence-corrected chi connectivity index (χ0v) is 40.4. The van der Waals surface area contributed by atoms with Crippen LogP contribution in [0.4, 0.5) is 0 Å². The summed E-state index contributed by atoms with van der Waals surface area (Å²) in [4.78, 5) is 26.1. The summed E-state index contributed by atoms with van der Waals surface area (Å²) < 4.78 is 11.9. The van der Waals surface area contributed by atoms with Gasteiger partial charge in [0.05, 0.1) is 0 Å². The van der Waals surface area contributed by atoms with E-state index in [4.69, 9.17) is 19.7 Å². The number of fused-ring (bicyclic) bond motifs is 10. The average molecular weight is 919 g/mol. The number of amides is 2. The molecule has 0 heterocycles. The number of aryl methyl sites for hydroxylation is 2. The summed E-state index contributed by atoms with van der Waals surface area (Å²) in [6, 6.07) is 28.2. The molecule has 10 atom stereocenters. The number of hydrazone groups is 2. The Balaban J connectivity index is 0.685. The number of carbonyl (C=O) groups is 2. The van der Waals surface area contributed by atoms with Crippen molar-refractivity contribution in [1.29, 1.82) is 0 Å². The van der Waals surface area contributed by atoms with Crippen molar-refractivity contribution in [2.45, 2.75) is 141 Å². The van der Waals surface area contributed by atoms with E-state index in [-0.39, 0.29) is 47.7 Å². The van der Waals surface area contributed by atoms with E-state index in [2.05, 4.69) is 74.9 Å². The molecule has 0 aromatic heterocycles. The van der Waals surface area contributed by atoms with Gasteiger partial charge in [-0.2, -0.15) is 10.2 Å². The third-order valence-corrected chi connectivity index (χ3v) is 18.3. The molecule has 4 aromatic rings. The Morgan fingerprint density at radius 3 is 1.40 bits per heavy atom. The van der Waals surface area contributed by atoms with Crippen LogP contribution in [0.15, 0.2) is 95.1 Å². The normalized spacial score (nSPS) is 29.9. The molecular formula is C58H70N4O6. The van der Waals surface area contributed by atoms with Crippen LogP contribution in [0.2, 0.25) is 0 Å². The van der Waals surface area contributed by atoms with Gasteiger partial charge in [-0.15, -0.1) is 0 Å². The van der Waals surface area contributed by atoms with Crippen molar-refractivity contribution in [3.8, 4) is 23.0 Å². The molecule has 6 aliphatic carbocycles. The van der Waals surface area contributed by atoms with E-state index in [9.17, 15) is 19.8 Å². The Morgan fingerprint density at radius 2 is 1.00 bits per heavy atom. The molecule has 6 aliphatic rings. The van der Waals surface area contributed by atoms with Gasteiger partial charge in [0.25, 0.3) is 11.8 Å². The van der Waals surface area contributed by atoms with Crippen molar-refractivity contribution in [1.82, 2.24) is 10.9 Å². The van der Waals surface area contributed by atoms with Crippen LogP contribution in [0, 0.1) is 34.5 Å². The molecular weight excluding hydrogens is 849 g/mol. The van der Waals surface area contributed by atoms with E-state index in [0.717, 1.165) is 101 Å². The highest BCUT2D eigenvalue weighted by molar-refractivity contribution is 5.94. The van der Waals surface area contributed by atoms with Gasteiger partial charge in [-0.3, -0.25) is 9.59 Å². The first-order valence-corrected chi connectivity index (χ1v) is 25.8. The lowest BCUT2D eigenvalue weighted by molar-refractivity contribution is -0.123. The first-order valence-electron chi connectivity index (χ1n) is 25.8. The van der Waals surface area contributed by atoms with Gasteiger partial charge in [-0.25, -0.2) is 10.9 Å². The highest BCUT2D eigenvalue weighted by atomic mass is 16.5. The quantitative estimate of drug-likeness (QED) is 0.0984. The largest absolute Gasteiger partial charge is 0.508 e. The maximum atomic E-state index is 13.0. The third-order valence-electron chi connectivity index (χ3n) is 18.3. The summed E-state index contributed by atoms with van der Waals surface area (Å²) in [6.07, 6.45) is 14.6. The van der Waals surface area contributed by atoms with Crippen LogP contribution in [-0.4, -0.2) is 46.7 Å². The van der Waals surface area contributed by atoms with Crippen molar-refractivity contribution in [2.75, 3.05) is 13.2 Å². The van der Waals surface area contributed by atoms with Gasteiger partial charge in [-0.05, 0) is 219 Å². The molecule has 0 saturated heterocycles. The topological polar surface area (TPSA) is 142 Å². The van der Waals surface area contributed by atoms with Crippen molar-refractivity contribution < 1.29 is 29.3 Å². The zero-order chi connectivity index (χ0) is 47.2. The molecule has 10 heteroatoms. The van der Waals surface area contributed by atoms with E-state index < -0.39 is 0 Å². The van der Waals surface area contributed by atoms with Crippen LogP contribution in [0.25, 0.3) is 0 Å². The minimum atomic E-state index is -0.252. The Bertz CT molecular complexity index is 2390. The summed E-state index contributed by atoms with van der Waals surface area (Å²) in [6.45, 7) is 8.95. The minimum Gasteiger partial charge on any atom is -0.508 e. The molecule has 10 rings (SSSR count). The number of phenolic OH excluding ortho intramolecular Hbond substituents is 2. The zero-order valence-electron chi connectivity index (χ0n) is 40.4. The Labute approximate surface area is 402 Å². The molecule has 0 spiro atoms. The first-order chi connectivity index (χ1) is 32.9. The Morgan fingerprint density at radius 1 is 0.588 bits per heavy atom. The summed E-state index contributed by atoms with van der Waals surface area (Å²) in [5.41, 5.74) is 15.8. The van der Waals surface area contributed by atoms with Crippen LogP contribution in [0.5, 0.6) is 23.0 Å². The number of aromatic hydroxyl groups is 2. The fraction of sp³-hybridized carbons (Fsp3) is 0.517. The van der Waals surface area contributed by atoms with Gasteiger partial charge in [0.2, 0.25) is 0 Å². The van der Waals surface area contributed by atoms with Crippen molar-refractivity contribution >= 4 is 23.2 Å². The predicted molar refractivity (Wildman–Crippen MR) is 267 cm³/mol. The molecule has 10 unspecified atom stereocenters. The standard InChI is InChI=1S/C58H70N4O6/c1-5-43(35-7-15-41(16-8-35)67-33-55(65)61-59-53-25-23-51-49-19-11-37-31-39(63)13-21-45(37)47(49)27-29-57(51,53)3)44(6-2)36-9-17-42(18-10-36)68-34-56(66)62-60-54-26-24-52-50-20-12-38-32-40(64)14-22-46(38)48(50)28-30-58(52,54)4/h7-10,13-18,21-22,31-32,43-44,47-52,63-64H,5-6,11-12,19-20,23-30,33-34H2,1-4H3,(H,61,65)(H,62,66)/b59-53+,60-54+. The minimum absolute atomic E-state index is 0.00709. The lowest BCUT2D eigenvalue weighted by Crippen LogP contribution is -2.43. The average Bonchev–Trinajstić information content (AvgIpc) is 3.88. The molecule has 358 valence electrons. The van der Waals surface area contributed by atoms with Crippen molar-refractivity contribution in [3.05, 3.63) is 118 Å². The molecule has 4 aromatic carbocycles. The molecule has 2 amide bonds. The second-order valence-corrected chi connectivity index (χ2v) is 21.5.